The van der Waals surface area contributed by atoms with Crippen LogP contribution in [0.5, 0.6) is 0 Å². The van der Waals surface area contributed by atoms with E-state index in [1.54, 1.807) is 31.3 Å². The molecule has 1 saturated heterocycles. The number of nitrogens with zero attached hydrogens (tertiary/aromatic N) is 6. The van der Waals surface area contributed by atoms with Crippen molar-refractivity contribution in [1.82, 2.24) is 25.2 Å². The zero-order valence-corrected chi connectivity index (χ0v) is 18.0. The maximum atomic E-state index is 14.8. The van der Waals surface area contributed by atoms with Crippen molar-refractivity contribution in [2.75, 3.05) is 31.4 Å². The van der Waals surface area contributed by atoms with Crippen LogP contribution in [0.2, 0.25) is 0 Å². The maximum absolute atomic E-state index is 14.8. The molecule has 0 saturated carbocycles. The minimum atomic E-state index is -2.69. The Kier molecular flexibility index (Phi) is 5.55. The van der Waals surface area contributed by atoms with E-state index in [0.29, 0.717) is 28.3 Å². The fraction of sp³-hybridized carbons (Fsp3) is 0.316. The summed E-state index contributed by atoms with van der Waals surface area (Å²) in [6, 6.07) is 7.86. The van der Waals surface area contributed by atoms with Gasteiger partial charge in [-0.2, -0.15) is 4.80 Å². The molecule has 2 aromatic heterocycles. The molecule has 12 heteroatoms. The standard InChI is InChI=1S/C19H20FN6O4P/c1-25-23-18(22-24-25)17-7-4-12(9-21-17)15-6-5-13(8-16(15)20)26-10-14(30-19(26)27)11-29-31(2,3)28/h4-9,14H,10-11H2,1-3H3. The summed E-state index contributed by atoms with van der Waals surface area (Å²) in [6.45, 7) is 3.17. The van der Waals surface area contributed by atoms with Crippen LogP contribution in [0, 0.1) is 5.82 Å². The van der Waals surface area contributed by atoms with Crippen LogP contribution in [0.1, 0.15) is 0 Å². The number of cyclic esters (lactones) is 1. The van der Waals surface area contributed by atoms with E-state index in [2.05, 4.69) is 20.4 Å². The second-order valence-corrected chi connectivity index (χ2v) is 10.1. The lowest BCUT2D eigenvalue weighted by molar-refractivity contribution is 0.106. The van der Waals surface area contributed by atoms with E-state index in [9.17, 15) is 13.8 Å². The number of amides is 1. The first-order chi connectivity index (χ1) is 14.7. The lowest BCUT2D eigenvalue weighted by Gasteiger charge is -2.15. The van der Waals surface area contributed by atoms with Crippen molar-refractivity contribution in [2.45, 2.75) is 6.10 Å². The zero-order valence-electron chi connectivity index (χ0n) is 17.1. The van der Waals surface area contributed by atoms with Crippen molar-refractivity contribution < 1.29 is 23.0 Å². The number of hydrogen-bond acceptors (Lipinski definition) is 8. The molecule has 0 N–H and O–H groups in total. The normalized spacial score (nSPS) is 16.6. The van der Waals surface area contributed by atoms with Gasteiger partial charge in [-0.05, 0) is 29.5 Å². The Morgan fingerprint density at radius 3 is 2.71 bits per heavy atom. The van der Waals surface area contributed by atoms with Gasteiger partial charge in [-0.25, -0.2) is 9.18 Å². The van der Waals surface area contributed by atoms with Crippen LogP contribution in [0.15, 0.2) is 36.5 Å². The number of pyridine rings is 1. The highest BCUT2D eigenvalue weighted by molar-refractivity contribution is 7.57. The van der Waals surface area contributed by atoms with Crippen LogP contribution in [-0.4, -0.2) is 63.9 Å². The van der Waals surface area contributed by atoms with Gasteiger partial charge < -0.3 is 9.26 Å². The highest BCUT2D eigenvalue weighted by atomic mass is 31.2. The number of hydrogen-bond donors (Lipinski definition) is 0. The molecule has 1 aromatic carbocycles. The minimum Gasteiger partial charge on any atom is -0.441 e. The monoisotopic (exact) mass is 446 g/mol. The van der Waals surface area contributed by atoms with Gasteiger partial charge in [0.25, 0.3) is 0 Å². The second kappa shape index (κ2) is 8.16. The summed E-state index contributed by atoms with van der Waals surface area (Å²) in [5.74, 6) is -0.137. The lowest BCUT2D eigenvalue weighted by Crippen LogP contribution is -2.25. The molecule has 0 bridgehead atoms. The summed E-state index contributed by atoms with van der Waals surface area (Å²) in [5.41, 5.74) is 1.78. The average Bonchev–Trinajstić information content (AvgIpc) is 3.31. The molecule has 3 aromatic rings. The molecule has 3 heterocycles. The topological polar surface area (TPSA) is 112 Å². The van der Waals surface area contributed by atoms with E-state index in [-0.39, 0.29) is 13.2 Å². The maximum Gasteiger partial charge on any atom is 0.414 e. The molecule has 0 spiro atoms. The second-order valence-electron chi connectivity index (χ2n) is 7.36. The number of anilines is 1. The van der Waals surface area contributed by atoms with Crippen LogP contribution in [0.25, 0.3) is 22.6 Å². The third-order valence-electron chi connectivity index (χ3n) is 4.52. The van der Waals surface area contributed by atoms with E-state index in [1.165, 1.54) is 35.3 Å². The van der Waals surface area contributed by atoms with Gasteiger partial charge in [0.2, 0.25) is 5.82 Å². The number of carbonyl (C=O) groups is 1. The molecule has 1 aliphatic rings. The Labute approximate surface area is 177 Å². The fourth-order valence-electron chi connectivity index (χ4n) is 3.06. The Morgan fingerprint density at radius 1 is 1.29 bits per heavy atom. The zero-order chi connectivity index (χ0) is 22.2. The average molecular weight is 446 g/mol. The predicted octanol–water partition coefficient (Wildman–Crippen LogP) is 2.96. The number of aromatic nitrogens is 5. The number of aryl methyl sites for hydroxylation is 1. The Balaban J connectivity index is 1.49. The van der Waals surface area contributed by atoms with Gasteiger partial charge in [0.05, 0.1) is 25.9 Å². The molecule has 10 nitrogen and oxygen atoms in total. The van der Waals surface area contributed by atoms with E-state index in [0.717, 1.165) is 0 Å². The molecule has 1 fully saturated rings. The molecule has 31 heavy (non-hydrogen) atoms. The summed E-state index contributed by atoms with van der Waals surface area (Å²) in [5, 5.41) is 11.7. The lowest BCUT2D eigenvalue weighted by atomic mass is 10.1. The van der Waals surface area contributed by atoms with Gasteiger partial charge in [0.15, 0.2) is 7.37 Å². The van der Waals surface area contributed by atoms with Gasteiger partial charge in [-0.1, -0.05) is 6.07 Å². The first kappa shape index (κ1) is 21.1. The summed E-state index contributed by atoms with van der Waals surface area (Å²) in [6.07, 6.45) is 0.342. The van der Waals surface area contributed by atoms with Gasteiger partial charge in [0.1, 0.15) is 17.6 Å². The SMILES string of the molecule is Cn1nnc(-c2ccc(-c3ccc(N4CC(COP(C)(C)=O)OC4=O)cc3F)cn2)n1. The quantitative estimate of drug-likeness (QED) is 0.531. The Morgan fingerprint density at radius 2 is 2.10 bits per heavy atom. The molecular formula is C19H20FN6O4P. The molecule has 0 radical (unpaired) electrons. The Bertz CT molecular complexity index is 1160. The van der Waals surface area contributed by atoms with Crippen LogP contribution in [-0.2, 0) is 20.9 Å². The van der Waals surface area contributed by atoms with Crippen LogP contribution in [0.4, 0.5) is 14.9 Å². The molecule has 4 rings (SSSR count). The van der Waals surface area contributed by atoms with Crippen LogP contribution >= 0.6 is 7.37 Å². The van der Waals surface area contributed by atoms with E-state index >= 15 is 0 Å². The van der Waals surface area contributed by atoms with Gasteiger partial charge in [0, 0.05) is 30.7 Å². The fourth-order valence-corrected chi connectivity index (χ4v) is 3.59. The van der Waals surface area contributed by atoms with Crippen molar-refractivity contribution in [2.24, 2.45) is 7.05 Å². The van der Waals surface area contributed by atoms with E-state index in [1.807, 2.05) is 0 Å². The first-order valence-electron chi connectivity index (χ1n) is 9.37. The summed E-state index contributed by atoms with van der Waals surface area (Å²) in [7, 11) is -1.04. The van der Waals surface area contributed by atoms with E-state index in [4.69, 9.17) is 9.26 Å². The van der Waals surface area contributed by atoms with Crippen molar-refractivity contribution in [3.8, 4) is 22.6 Å². The smallest absolute Gasteiger partial charge is 0.414 e. The number of halogens is 1. The number of tetrazole rings is 1. The van der Waals surface area contributed by atoms with Crippen molar-refractivity contribution >= 4 is 19.1 Å². The molecule has 0 aliphatic carbocycles. The van der Waals surface area contributed by atoms with Crippen LogP contribution < -0.4 is 4.90 Å². The molecule has 1 atom stereocenters. The highest BCUT2D eigenvalue weighted by Gasteiger charge is 2.33. The van der Waals surface area contributed by atoms with Crippen molar-refractivity contribution in [1.29, 1.82) is 0 Å². The third kappa shape index (κ3) is 4.78. The van der Waals surface area contributed by atoms with Gasteiger partial charge in [-0.15, -0.1) is 10.2 Å². The summed E-state index contributed by atoms with van der Waals surface area (Å²) < 4.78 is 37.0. The van der Waals surface area contributed by atoms with E-state index < -0.39 is 25.4 Å². The molecule has 162 valence electrons. The number of ether oxygens (including phenoxy) is 1. The number of rotatable bonds is 6. The van der Waals surface area contributed by atoms with Gasteiger partial charge in [-0.3, -0.25) is 14.4 Å². The number of carbonyl (C=O) groups excluding carboxylic acids is 1. The summed E-state index contributed by atoms with van der Waals surface area (Å²) in [4.78, 5) is 19.1. The third-order valence-corrected chi connectivity index (χ3v) is 5.29. The molecule has 1 aliphatic heterocycles. The molecule has 1 amide bonds. The minimum absolute atomic E-state index is 0.0196. The predicted molar refractivity (Wildman–Crippen MR) is 110 cm³/mol. The Hall–Kier alpha value is -3.17. The first-order valence-corrected chi connectivity index (χ1v) is 11.9. The molecule has 1 unspecified atom stereocenters. The summed E-state index contributed by atoms with van der Waals surface area (Å²) >= 11 is 0. The van der Waals surface area contributed by atoms with Crippen molar-refractivity contribution in [3.63, 3.8) is 0 Å². The molecular weight excluding hydrogens is 426 g/mol. The van der Waals surface area contributed by atoms with Gasteiger partial charge >= 0.3 is 6.09 Å². The largest absolute Gasteiger partial charge is 0.441 e. The number of benzene rings is 1. The highest BCUT2D eigenvalue weighted by Crippen LogP contribution is 2.38. The van der Waals surface area contributed by atoms with Crippen molar-refractivity contribution in [3.05, 3.63) is 42.3 Å². The van der Waals surface area contributed by atoms with Crippen LogP contribution in [0.3, 0.4) is 0 Å².